The maximum Gasteiger partial charge on any atom is 0.225 e. The Hall–Kier alpha value is -0.570. The van der Waals surface area contributed by atoms with Gasteiger partial charge in [0.05, 0.1) is 0 Å². The monoisotopic (exact) mass is 242 g/mol. The highest BCUT2D eigenvalue weighted by molar-refractivity contribution is 5.78. The number of nitrogens with two attached hydrogens (primary N) is 1. The second kappa shape index (κ2) is 7.70. The average Bonchev–Trinajstić information content (AvgIpc) is 2.29. The number of carbonyl (C=O) groups is 1. The summed E-state index contributed by atoms with van der Waals surface area (Å²) < 4.78 is 0. The zero-order valence-corrected chi connectivity index (χ0v) is 12.3. The first-order chi connectivity index (χ1) is 7.87. The van der Waals surface area contributed by atoms with E-state index < -0.39 is 0 Å². The number of hydrogen-bond donors (Lipinski definition) is 1. The normalized spacial score (nSPS) is 13.5. The summed E-state index contributed by atoms with van der Waals surface area (Å²) in [5.41, 5.74) is 5.71. The maximum atomic E-state index is 12.3. The summed E-state index contributed by atoms with van der Waals surface area (Å²) in [5.74, 6) is 0.469. The lowest BCUT2D eigenvalue weighted by atomic mass is 9.91. The minimum absolute atomic E-state index is 0.00740. The Morgan fingerprint density at radius 3 is 2.35 bits per heavy atom. The molecule has 0 bridgehead atoms. The second-order valence-corrected chi connectivity index (χ2v) is 5.81. The Balaban J connectivity index is 4.35. The van der Waals surface area contributed by atoms with Crippen molar-refractivity contribution >= 4 is 5.91 Å². The number of amides is 1. The number of unbranched alkanes of at least 4 members (excludes halogenated alkanes) is 1. The predicted octanol–water partition coefficient (Wildman–Crippen LogP) is 2.65. The molecule has 0 spiro atoms. The van der Waals surface area contributed by atoms with Crippen LogP contribution in [0.3, 0.4) is 0 Å². The summed E-state index contributed by atoms with van der Waals surface area (Å²) in [6.45, 7) is 9.81. The zero-order valence-electron chi connectivity index (χ0n) is 12.3. The molecule has 0 aromatic rings. The third-order valence-corrected chi connectivity index (χ3v) is 3.34. The molecule has 0 aliphatic heterocycles. The first kappa shape index (κ1) is 16.4. The van der Waals surface area contributed by atoms with E-state index in [0.717, 1.165) is 32.2 Å². The van der Waals surface area contributed by atoms with Gasteiger partial charge in [-0.05, 0) is 24.8 Å². The molecule has 0 aliphatic rings. The standard InChI is InChI=1S/C14H30N2O/c1-6-8-9-12(7-2)13(17)16(5)11-14(3,4)10-15/h12H,6-11,15H2,1-5H3. The van der Waals surface area contributed by atoms with Gasteiger partial charge in [-0.2, -0.15) is 0 Å². The van der Waals surface area contributed by atoms with E-state index in [2.05, 4.69) is 27.7 Å². The van der Waals surface area contributed by atoms with E-state index in [4.69, 9.17) is 5.73 Å². The molecule has 102 valence electrons. The van der Waals surface area contributed by atoms with Crippen molar-refractivity contribution in [2.75, 3.05) is 20.1 Å². The molecule has 0 heterocycles. The van der Waals surface area contributed by atoms with E-state index in [-0.39, 0.29) is 17.2 Å². The van der Waals surface area contributed by atoms with Gasteiger partial charge in [0.2, 0.25) is 5.91 Å². The molecule has 0 aliphatic carbocycles. The van der Waals surface area contributed by atoms with Crippen LogP contribution in [-0.4, -0.2) is 30.9 Å². The second-order valence-electron chi connectivity index (χ2n) is 5.81. The predicted molar refractivity (Wildman–Crippen MR) is 73.8 cm³/mol. The van der Waals surface area contributed by atoms with Crippen molar-refractivity contribution < 1.29 is 4.79 Å². The van der Waals surface area contributed by atoms with Gasteiger partial charge in [-0.3, -0.25) is 4.79 Å². The number of nitrogens with zero attached hydrogens (tertiary/aromatic N) is 1. The van der Waals surface area contributed by atoms with Crippen LogP contribution < -0.4 is 5.73 Å². The van der Waals surface area contributed by atoms with Crippen molar-refractivity contribution in [3.05, 3.63) is 0 Å². The molecule has 0 fully saturated rings. The van der Waals surface area contributed by atoms with Gasteiger partial charge in [0.25, 0.3) is 0 Å². The molecule has 1 amide bonds. The van der Waals surface area contributed by atoms with Crippen LogP contribution in [0, 0.1) is 11.3 Å². The van der Waals surface area contributed by atoms with Gasteiger partial charge in [-0.25, -0.2) is 0 Å². The highest BCUT2D eigenvalue weighted by Gasteiger charge is 2.25. The van der Waals surface area contributed by atoms with E-state index in [1.165, 1.54) is 0 Å². The molecular formula is C14H30N2O. The van der Waals surface area contributed by atoms with Crippen LogP contribution in [-0.2, 0) is 4.79 Å². The molecule has 3 nitrogen and oxygen atoms in total. The first-order valence-corrected chi connectivity index (χ1v) is 6.83. The summed E-state index contributed by atoms with van der Waals surface area (Å²) >= 11 is 0. The van der Waals surface area contributed by atoms with Gasteiger partial charge in [-0.1, -0.05) is 40.5 Å². The van der Waals surface area contributed by atoms with Gasteiger partial charge < -0.3 is 10.6 Å². The van der Waals surface area contributed by atoms with E-state index in [0.29, 0.717) is 6.54 Å². The highest BCUT2D eigenvalue weighted by Crippen LogP contribution is 2.19. The summed E-state index contributed by atoms with van der Waals surface area (Å²) in [4.78, 5) is 14.1. The molecule has 0 aromatic heterocycles. The first-order valence-electron chi connectivity index (χ1n) is 6.83. The van der Waals surface area contributed by atoms with Crippen LogP contribution in [0.25, 0.3) is 0 Å². The average molecular weight is 242 g/mol. The number of hydrogen-bond acceptors (Lipinski definition) is 2. The summed E-state index contributed by atoms with van der Waals surface area (Å²) in [5, 5.41) is 0. The summed E-state index contributed by atoms with van der Waals surface area (Å²) in [6.07, 6.45) is 4.24. The van der Waals surface area contributed by atoms with Crippen molar-refractivity contribution in [3.8, 4) is 0 Å². The minimum atomic E-state index is 0.00740. The lowest BCUT2D eigenvalue weighted by molar-refractivity contribution is -0.135. The number of rotatable bonds is 8. The Kier molecular flexibility index (Phi) is 7.44. The highest BCUT2D eigenvalue weighted by atomic mass is 16.2. The smallest absolute Gasteiger partial charge is 0.225 e. The van der Waals surface area contributed by atoms with Crippen molar-refractivity contribution in [2.45, 2.75) is 53.4 Å². The minimum Gasteiger partial charge on any atom is -0.345 e. The SMILES string of the molecule is CCCCC(CC)C(=O)N(C)CC(C)(C)CN. The fraction of sp³-hybridized carbons (Fsp3) is 0.929. The molecule has 0 saturated carbocycles. The van der Waals surface area contributed by atoms with Crippen LogP contribution in [0.15, 0.2) is 0 Å². The number of carbonyl (C=O) groups excluding carboxylic acids is 1. The molecule has 17 heavy (non-hydrogen) atoms. The third-order valence-electron chi connectivity index (χ3n) is 3.34. The van der Waals surface area contributed by atoms with E-state index in [1.807, 2.05) is 11.9 Å². The summed E-state index contributed by atoms with van der Waals surface area (Å²) in [6, 6.07) is 0. The molecule has 3 heteroatoms. The van der Waals surface area contributed by atoms with Crippen LogP contribution >= 0.6 is 0 Å². The van der Waals surface area contributed by atoms with Gasteiger partial charge in [0.1, 0.15) is 0 Å². The van der Waals surface area contributed by atoms with Crippen LogP contribution in [0.1, 0.15) is 53.4 Å². The van der Waals surface area contributed by atoms with Crippen molar-refractivity contribution in [3.63, 3.8) is 0 Å². The Morgan fingerprint density at radius 2 is 1.94 bits per heavy atom. The van der Waals surface area contributed by atoms with Crippen LogP contribution in [0.4, 0.5) is 0 Å². The third kappa shape index (κ3) is 6.06. The molecule has 0 aromatic carbocycles. The van der Waals surface area contributed by atoms with Gasteiger partial charge in [0.15, 0.2) is 0 Å². The fourth-order valence-corrected chi connectivity index (χ4v) is 2.05. The topological polar surface area (TPSA) is 46.3 Å². The van der Waals surface area contributed by atoms with Gasteiger partial charge >= 0.3 is 0 Å². The quantitative estimate of drug-likeness (QED) is 0.711. The molecule has 0 rings (SSSR count). The molecule has 0 radical (unpaired) electrons. The van der Waals surface area contributed by atoms with Crippen molar-refractivity contribution in [2.24, 2.45) is 17.1 Å². The summed E-state index contributed by atoms with van der Waals surface area (Å²) in [7, 11) is 1.90. The van der Waals surface area contributed by atoms with E-state index in [1.54, 1.807) is 0 Å². The fourth-order valence-electron chi connectivity index (χ4n) is 2.05. The lowest BCUT2D eigenvalue weighted by Gasteiger charge is -2.31. The molecule has 1 unspecified atom stereocenters. The largest absolute Gasteiger partial charge is 0.345 e. The Bertz CT molecular complexity index is 226. The molecule has 2 N–H and O–H groups in total. The zero-order chi connectivity index (χ0) is 13.5. The van der Waals surface area contributed by atoms with E-state index >= 15 is 0 Å². The molecular weight excluding hydrogens is 212 g/mol. The van der Waals surface area contributed by atoms with Gasteiger partial charge in [0, 0.05) is 19.5 Å². The Morgan fingerprint density at radius 1 is 1.35 bits per heavy atom. The molecule has 1 atom stereocenters. The van der Waals surface area contributed by atoms with Crippen molar-refractivity contribution in [1.29, 1.82) is 0 Å². The molecule has 0 saturated heterocycles. The maximum absolute atomic E-state index is 12.3. The van der Waals surface area contributed by atoms with Crippen LogP contribution in [0.2, 0.25) is 0 Å². The van der Waals surface area contributed by atoms with E-state index in [9.17, 15) is 4.79 Å². The Labute approximate surface area is 107 Å². The lowest BCUT2D eigenvalue weighted by Crippen LogP contribution is -2.42. The van der Waals surface area contributed by atoms with Crippen LogP contribution in [0.5, 0.6) is 0 Å². The van der Waals surface area contributed by atoms with Gasteiger partial charge in [-0.15, -0.1) is 0 Å². The van der Waals surface area contributed by atoms with Crippen molar-refractivity contribution in [1.82, 2.24) is 4.90 Å².